The van der Waals surface area contributed by atoms with Crippen LogP contribution >= 0.6 is 0 Å². The first-order chi connectivity index (χ1) is 9.62. The van der Waals surface area contributed by atoms with Gasteiger partial charge in [-0.15, -0.1) is 0 Å². The van der Waals surface area contributed by atoms with Crippen molar-refractivity contribution in [3.05, 3.63) is 35.9 Å². The molecule has 0 saturated carbocycles. The van der Waals surface area contributed by atoms with E-state index < -0.39 is 10.2 Å². The Morgan fingerprint density at radius 3 is 2.40 bits per heavy atom. The van der Waals surface area contributed by atoms with Crippen LogP contribution < -0.4 is 10.5 Å². The molecule has 1 aliphatic heterocycles. The molecule has 3 N–H and O–H groups in total. The Hall–Kier alpha value is -0.950. The number of nitrogens with one attached hydrogen (secondary N) is 1. The Labute approximate surface area is 121 Å². The molecule has 1 aromatic carbocycles. The van der Waals surface area contributed by atoms with Crippen LogP contribution in [0.3, 0.4) is 0 Å². The molecule has 1 unspecified atom stereocenters. The second kappa shape index (κ2) is 7.17. The van der Waals surface area contributed by atoms with Crippen molar-refractivity contribution in [1.29, 1.82) is 0 Å². The van der Waals surface area contributed by atoms with E-state index in [4.69, 9.17) is 5.73 Å². The molecule has 0 spiro atoms. The Morgan fingerprint density at radius 2 is 1.80 bits per heavy atom. The first-order valence-corrected chi connectivity index (χ1v) is 8.57. The molecule has 0 radical (unpaired) electrons. The average molecular weight is 297 g/mol. The maximum Gasteiger partial charge on any atom is 0.279 e. The van der Waals surface area contributed by atoms with E-state index in [-0.39, 0.29) is 6.04 Å². The first kappa shape index (κ1) is 15.4. The van der Waals surface area contributed by atoms with Gasteiger partial charge in [0, 0.05) is 25.7 Å². The summed E-state index contributed by atoms with van der Waals surface area (Å²) in [5, 5.41) is 0. The average Bonchev–Trinajstić information content (AvgIpc) is 2.48. The van der Waals surface area contributed by atoms with Crippen LogP contribution in [-0.2, 0) is 16.6 Å². The van der Waals surface area contributed by atoms with Gasteiger partial charge >= 0.3 is 0 Å². The third kappa shape index (κ3) is 4.28. The molecule has 1 aliphatic rings. The number of benzene rings is 1. The fraction of sp³-hybridized carbons (Fsp3) is 0.571. The highest BCUT2D eigenvalue weighted by molar-refractivity contribution is 7.87. The largest absolute Gasteiger partial charge is 0.329 e. The summed E-state index contributed by atoms with van der Waals surface area (Å²) in [5.74, 6) is 0. The highest BCUT2D eigenvalue weighted by atomic mass is 32.2. The monoisotopic (exact) mass is 297 g/mol. The van der Waals surface area contributed by atoms with Crippen LogP contribution in [0, 0.1) is 0 Å². The van der Waals surface area contributed by atoms with Crippen LogP contribution in [0.4, 0.5) is 0 Å². The van der Waals surface area contributed by atoms with Gasteiger partial charge in [0.1, 0.15) is 0 Å². The van der Waals surface area contributed by atoms with Gasteiger partial charge < -0.3 is 5.73 Å². The standard InChI is InChI=1S/C14H23N3O2S/c15-12-14(11-13-7-3-1-4-8-13)16-20(18,19)17-9-5-2-6-10-17/h1,3-4,7-8,14,16H,2,5-6,9-12,15H2. The zero-order chi connectivity index (χ0) is 14.4. The number of hydrogen-bond acceptors (Lipinski definition) is 3. The number of hydrogen-bond donors (Lipinski definition) is 2. The molecule has 0 bridgehead atoms. The molecule has 0 aliphatic carbocycles. The quantitative estimate of drug-likeness (QED) is 0.818. The maximum absolute atomic E-state index is 12.3. The lowest BCUT2D eigenvalue weighted by molar-refractivity contribution is 0.338. The Morgan fingerprint density at radius 1 is 1.15 bits per heavy atom. The zero-order valence-corrected chi connectivity index (χ0v) is 12.5. The predicted molar refractivity (Wildman–Crippen MR) is 80.5 cm³/mol. The lowest BCUT2D eigenvalue weighted by Crippen LogP contribution is -2.50. The van der Waals surface area contributed by atoms with Crippen LogP contribution in [0.5, 0.6) is 0 Å². The molecule has 20 heavy (non-hydrogen) atoms. The van der Waals surface area contributed by atoms with Gasteiger partial charge in [-0.25, -0.2) is 0 Å². The van der Waals surface area contributed by atoms with Gasteiger partial charge in [0.25, 0.3) is 10.2 Å². The molecule has 1 heterocycles. The van der Waals surface area contributed by atoms with E-state index in [1.807, 2.05) is 30.3 Å². The van der Waals surface area contributed by atoms with Crippen molar-refractivity contribution in [3.8, 4) is 0 Å². The molecule has 0 aromatic heterocycles. The molecule has 1 atom stereocenters. The van der Waals surface area contributed by atoms with Crippen molar-refractivity contribution >= 4 is 10.2 Å². The van der Waals surface area contributed by atoms with Gasteiger partial charge in [-0.2, -0.15) is 17.4 Å². The minimum absolute atomic E-state index is 0.260. The van der Waals surface area contributed by atoms with E-state index in [1.165, 1.54) is 4.31 Å². The molecule has 6 heteroatoms. The van der Waals surface area contributed by atoms with E-state index in [1.54, 1.807) is 0 Å². The summed E-state index contributed by atoms with van der Waals surface area (Å²) in [6.07, 6.45) is 3.60. The predicted octanol–water partition coefficient (Wildman–Crippen LogP) is 0.877. The van der Waals surface area contributed by atoms with Crippen LogP contribution in [-0.4, -0.2) is 38.4 Å². The molecular weight excluding hydrogens is 274 g/mol. The lowest BCUT2D eigenvalue weighted by atomic mass is 10.1. The normalized spacial score (nSPS) is 18.9. The number of nitrogens with zero attached hydrogens (tertiary/aromatic N) is 1. The molecule has 1 fully saturated rings. The van der Waals surface area contributed by atoms with E-state index in [9.17, 15) is 8.42 Å². The van der Waals surface area contributed by atoms with Gasteiger partial charge in [-0.3, -0.25) is 0 Å². The van der Waals surface area contributed by atoms with Crippen molar-refractivity contribution in [2.24, 2.45) is 5.73 Å². The molecular formula is C14H23N3O2S. The van der Waals surface area contributed by atoms with Gasteiger partial charge in [0.05, 0.1) is 0 Å². The topological polar surface area (TPSA) is 75.4 Å². The summed E-state index contributed by atoms with van der Waals surface area (Å²) in [4.78, 5) is 0. The highest BCUT2D eigenvalue weighted by Crippen LogP contribution is 2.13. The first-order valence-electron chi connectivity index (χ1n) is 7.13. The maximum atomic E-state index is 12.3. The summed E-state index contributed by atoms with van der Waals surface area (Å²) in [6, 6.07) is 9.54. The summed E-state index contributed by atoms with van der Waals surface area (Å²) < 4.78 is 28.9. The number of nitrogens with two attached hydrogens (primary N) is 1. The lowest BCUT2D eigenvalue weighted by Gasteiger charge is -2.28. The highest BCUT2D eigenvalue weighted by Gasteiger charge is 2.26. The van der Waals surface area contributed by atoms with Crippen LogP contribution in [0.2, 0.25) is 0 Å². The molecule has 1 saturated heterocycles. The summed E-state index contributed by atoms with van der Waals surface area (Å²) in [6.45, 7) is 1.51. The molecule has 1 aromatic rings. The van der Waals surface area contributed by atoms with Gasteiger partial charge in [0.15, 0.2) is 0 Å². The summed E-state index contributed by atoms with van der Waals surface area (Å²) >= 11 is 0. The third-order valence-electron chi connectivity index (χ3n) is 3.58. The van der Waals surface area contributed by atoms with E-state index in [2.05, 4.69) is 4.72 Å². The summed E-state index contributed by atoms with van der Waals surface area (Å²) in [5.41, 5.74) is 6.80. The molecule has 112 valence electrons. The van der Waals surface area contributed by atoms with Crippen LogP contribution in [0.25, 0.3) is 0 Å². The zero-order valence-electron chi connectivity index (χ0n) is 11.7. The van der Waals surface area contributed by atoms with Crippen molar-refractivity contribution in [2.45, 2.75) is 31.7 Å². The van der Waals surface area contributed by atoms with Gasteiger partial charge in [-0.05, 0) is 24.8 Å². The van der Waals surface area contributed by atoms with Gasteiger partial charge in [-0.1, -0.05) is 36.8 Å². The van der Waals surface area contributed by atoms with E-state index in [0.29, 0.717) is 26.1 Å². The second-order valence-corrected chi connectivity index (χ2v) is 6.91. The minimum Gasteiger partial charge on any atom is -0.329 e. The van der Waals surface area contributed by atoms with Crippen molar-refractivity contribution in [1.82, 2.24) is 9.03 Å². The Kier molecular flexibility index (Phi) is 5.54. The fourth-order valence-electron chi connectivity index (χ4n) is 2.46. The second-order valence-electron chi connectivity index (χ2n) is 5.20. The Bertz CT molecular complexity index is 498. The molecule has 5 nitrogen and oxygen atoms in total. The van der Waals surface area contributed by atoms with Crippen molar-refractivity contribution in [3.63, 3.8) is 0 Å². The SMILES string of the molecule is NCC(Cc1ccccc1)NS(=O)(=O)N1CCCCC1. The molecule has 0 amide bonds. The van der Waals surface area contributed by atoms with Crippen LogP contribution in [0.1, 0.15) is 24.8 Å². The van der Waals surface area contributed by atoms with Crippen LogP contribution in [0.15, 0.2) is 30.3 Å². The minimum atomic E-state index is -3.41. The van der Waals surface area contributed by atoms with Gasteiger partial charge in [0.2, 0.25) is 0 Å². The number of piperidine rings is 1. The third-order valence-corrected chi connectivity index (χ3v) is 5.26. The van der Waals surface area contributed by atoms with Crippen molar-refractivity contribution in [2.75, 3.05) is 19.6 Å². The summed E-state index contributed by atoms with van der Waals surface area (Å²) in [7, 11) is -3.41. The fourth-order valence-corrected chi connectivity index (χ4v) is 3.95. The van der Waals surface area contributed by atoms with E-state index in [0.717, 1.165) is 24.8 Å². The smallest absolute Gasteiger partial charge is 0.279 e. The number of rotatable bonds is 6. The molecule has 2 rings (SSSR count). The van der Waals surface area contributed by atoms with E-state index >= 15 is 0 Å². The Balaban J connectivity index is 1.98. The van der Waals surface area contributed by atoms with Crippen molar-refractivity contribution < 1.29 is 8.42 Å².